The molecule has 0 bridgehead atoms. The van der Waals surface area contributed by atoms with Gasteiger partial charge in [0.15, 0.2) is 0 Å². The van der Waals surface area contributed by atoms with Crippen LogP contribution in [0.3, 0.4) is 0 Å². The summed E-state index contributed by atoms with van der Waals surface area (Å²) in [7, 11) is 0.799. The van der Waals surface area contributed by atoms with Crippen molar-refractivity contribution in [1.82, 2.24) is 4.98 Å². The van der Waals surface area contributed by atoms with Gasteiger partial charge in [0, 0.05) is 6.20 Å². The molecular formula is C8H8NPS. The minimum atomic E-state index is 0.799. The Morgan fingerprint density at radius 2 is 2.45 bits per heavy atom. The molecule has 0 fully saturated rings. The van der Waals surface area contributed by atoms with E-state index >= 15 is 0 Å². The van der Waals surface area contributed by atoms with Crippen molar-refractivity contribution in [2.24, 2.45) is 0 Å². The highest BCUT2D eigenvalue weighted by molar-refractivity contribution is 7.46. The number of rotatable bonds is 1. The number of aromatic nitrogens is 1. The van der Waals surface area contributed by atoms with Gasteiger partial charge in [-0.3, -0.25) is 4.98 Å². The van der Waals surface area contributed by atoms with E-state index in [-0.39, 0.29) is 0 Å². The van der Waals surface area contributed by atoms with Crippen molar-refractivity contribution in [2.75, 3.05) is 6.66 Å². The summed E-state index contributed by atoms with van der Waals surface area (Å²) in [6.07, 6.45) is 1.96. The second-order valence-corrected chi connectivity index (χ2v) is 4.24. The SMILES string of the molecule is CPc1cc2ccsc2cn1. The quantitative estimate of drug-likeness (QED) is 0.615. The fraction of sp³-hybridized carbons (Fsp3) is 0.125. The van der Waals surface area contributed by atoms with Gasteiger partial charge in [-0.2, -0.15) is 0 Å². The van der Waals surface area contributed by atoms with Crippen LogP contribution < -0.4 is 5.44 Å². The van der Waals surface area contributed by atoms with E-state index in [1.165, 1.54) is 15.5 Å². The van der Waals surface area contributed by atoms with Gasteiger partial charge in [0.25, 0.3) is 0 Å². The van der Waals surface area contributed by atoms with E-state index in [2.05, 4.69) is 29.2 Å². The van der Waals surface area contributed by atoms with Gasteiger partial charge in [0.05, 0.1) is 10.1 Å². The average molecular weight is 181 g/mol. The molecule has 2 heterocycles. The molecule has 0 aliphatic rings. The molecule has 2 aromatic heterocycles. The first-order valence-electron chi connectivity index (χ1n) is 3.41. The third kappa shape index (κ3) is 1.29. The molecule has 2 aromatic rings. The van der Waals surface area contributed by atoms with E-state index in [1.807, 2.05) is 6.20 Å². The van der Waals surface area contributed by atoms with E-state index in [1.54, 1.807) is 11.3 Å². The summed E-state index contributed by atoms with van der Waals surface area (Å²) in [5.41, 5.74) is 1.20. The summed E-state index contributed by atoms with van der Waals surface area (Å²) < 4.78 is 1.28. The van der Waals surface area contributed by atoms with E-state index in [9.17, 15) is 0 Å². The van der Waals surface area contributed by atoms with Crippen LogP contribution in [-0.2, 0) is 0 Å². The van der Waals surface area contributed by atoms with Crippen LogP contribution in [0.4, 0.5) is 0 Å². The Kier molecular flexibility index (Phi) is 1.89. The van der Waals surface area contributed by atoms with Crippen molar-refractivity contribution in [3.05, 3.63) is 23.7 Å². The minimum Gasteiger partial charge on any atom is -0.255 e. The number of nitrogens with zero attached hydrogens (tertiary/aromatic N) is 1. The Labute approximate surface area is 71.3 Å². The van der Waals surface area contributed by atoms with Crippen LogP contribution in [0.2, 0.25) is 0 Å². The highest BCUT2D eigenvalue weighted by Gasteiger charge is 1.95. The minimum absolute atomic E-state index is 0.799. The molecule has 2 rings (SSSR count). The highest BCUT2D eigenvalue weighted by atomic mass is 32.1. The van der Waals surface area contributed by atoms with Crippen molar-refractivity contribution < 1.29 is 0 Å². The third-order valence-corrected chi connectivity index (χ3v) is 3.25. The van der Waals surface area contributed by atoms with Crippen LogP contribution in [0, 0.1) is 0 Å². The van der Waals surface area contributed by atoms with Crippen molar-refractivity contribution in [3.8, 4) is 0 Å². The molecule has 1 atom stereocenters. The maximum Gasteiger partial charge on any atom is 0.0604 e. The maximum atomic E-state index is 4.32. The van der Waals surface area contributed by atoms with Crippen LogP contribution in [-0.4, -0.2) is 11.6 Å². The van der Waals surface area contributed by atoms with Gasteiger partial charge in [0.1, 0.15) is 0 Å². The van der Waals surface area contributed by atoms with E-state index in [0.29, 0.717) is 0 Å². The topological polar surface area (TPSA) is 12.9 Å². The van der Waals surface area contributed by atoms with Crippen molar-refractivity contribution in [3.63, 3.8) is 0 Å². The summed E-state index contributed by atoms with van der Waals surface area (Å²) in [6, 6.07) is 4.32. The van der Waals surface area contributed by atoms with Crippen LogP contribution >= 0.6 is 19.9 Å². The Balaban J connectivity index is 2.67. The molecule has 0 aliphatic carbocycles. The molecule has 0 aliphatic heterocycles. The first-order valence-corrected chi connectivity index (χ1v) is 5.79. The smallest absolute Gasteiger partial charge is 0.0604 e. The highest BCUT2D eigenvalue weighted by Crippen LogP contribution is 2.19. The lowest BCUT2D eigenvalue weighted by Crippen LogP contribution is -1.96. The van der Waals surface area contributed by atoms with E-state index in [4.69, 9.17) is 0 Å². The lowest BCUT2D eigenvalue weighted by Gasteiger charge is -1.93. The van der Waals surface area contributed by atoms with Crippen LogP contribution in [0.25, 0.3) is 10.1 Å². The van der Waals surface area contributed by atoms with Gasteiger partial charge in [-0.25, -0.2) is 0 Å². The van der Waals surface area contributed by atoms with Crippen molar-refractivity contribution >= 4 is 35.4 Å². The number of hydrogen-bond donors (Lipinski definition) is 0. The number of pyridine rings is 1. The summed E-state index contributed by atoms with van der Waals surface area (Å²) in [6.45, 7) is 2.15. The fourth-order valence-electron chi connectivity index (χ4n) is 1.00. The molecule has 56 valence electrons. The van der Waals surface area contributed by atoms with Gasteiger partial charge in [-0.15, -0.1) is 11.3 Å². The van der Waals surface area contributed by atoms with E-state index in [0.717, 1.165) is 8.58 Å². The molecule has 0 saturated heterocycles. The summed E-state index contributed by atoms with van der Waals surface area (Å²) in [4.78, 5) is 4.32. The van der Waals surface area contributed by atoms with Crippen molar-refractivity contribution in [1.29, 1.82) is 0 Å². The van der Waals surface area contributed by atoms with Gasteiger partial charge < -0.3 is 0 Å². The van der Waals surface area contributed by atoms with Crippen LogP contribution in [0.1, 0.15) is 0 Å². The van der Waals surface area contributed by atoms with Gasteiger partial charge in [-0.05, 0) is 29.6 Å². The zero-order chi connectivity index (χ0) is 7.68. The lowest BCUT2D eigenvalue weighted by molar-refractivity contribution is 1.44. The summed E-state index contributed by atoms with van der Waals surface area (Å²) >= 11 is 1.75. The summed E-state index contributed by atoms with van der Waals surface area (Å²) in [5.74, 6) is 0. The maximum absolute atomic E-state index is 4.32. The Hall–Kier alpha value is -0.460. The number of fused-ring (bicyclic) bond motifs is 1. The molecule has 1 nitrogen and oxygen atoms in total. The normalized spacial score (nSPS) is 11.7. The largest absolute Gasteiger partial charge is 0.255 e. The molecule has 0 radical (unpaired) electrons. The average Bonchev–Trinajstić information content (AvgIpc) is 2.50. The Morgan fingerprint density at radius 3 is 3.27 bits per heavy atom. The predicted molar refractivity (Wildman–Crippen MR) is 53.5 cm³/mol. The second kappa shape index (κ2) is 2.88. The van der Waals surface area contributed by atoms with Gasteiger partial charge >= 0.3 is 0 Å². The molecule has 0 N–H and O–H groups in total. The predicted octanol–water partition coefficient (Wildman–Crippen LogP) is 2.23. The zero-order valence-corrected chi connectivity index (χ0v) is 7.98. The molecule has 0 amide bonds. The molecular weight excluding hydrogens is 173 g/mol. The molecule has 3 heteroatoms. The molecule has 11 heavy (non-hydrogen) atoms. The molecule has 0 aromatic carbocycles. The lowest BCUT2D eigenvalue weighted by atomic mass is 10.3. The third-order valence-electron chi connectivity index (χ3n) is 1.60. The number of thiophene rings is 1. The zero-order valence-electron chi connectivity index (χ0n) is 6.16. The van der Waals surface area contributed by atoms with E-state index < -0.39 is 0 Å². The fourth-order valence-corrected chi connectivity index (χ4v) is 2.24. The van der Waals surface area contributed by atoms with Gasteiger partial charge in [-0.1, -0.05) is 8.58 Å². The first kappa shape index (κ1) is 7.20. The van der Waals surface area contributed by atoms with Gasteiger partial charge in [0.2, 0.25) is 0 Å². The van der Waals surface area contributed by atoms with Crippen molar-refractivity contribution in [2.45, 2.75) is 0 Å². The summed E-state index contributed by atoms with van der Waals surface area (Å²) in [5, 5.41) is 3.43. The molecule has 0 saturated carbocycles. The standard InChI is InChI=1S/C8H8NPS/c1-10-8-4-6-2-3-11-7(6)5-9-8/h2-5,10H,1H3. The monoisotopic (exact) mass is 181 g/mol. The molecule has 1 unspecified atom stereocenters. The Bertz CT molecular complexity index is 369. The molecule has 0 spiro atoms. The number of hydrogen-bond acceptors (Lipinski definition) is 2. The van der Waals surface area contributed by atoms with Crippen LogP contribution in [0.5, 0.6) is 0 Å². The Morgan fingerprint density at radius 1 is 1.55 bits per heavy atom. The first-order chi connectivity index (χ1) is 5.40. The van der Waals surface area contributed by atoms with Crippen LogP contribution in [0.15, 0.2) is 23.7 Å². The second-order valence-electron chi connectivity index (χ2n) is 2.28.